The zero-order valence-electron chi connectivity index (χ0n) is 7.90. The molecule has 0 saturated heterocycles. The number of carbonyl (C=O) groups is 1. The topological polar surface area (TPSA) is 81.3 Å². The standard InChI is InChI=1S/C11H9NO3/c12-6-11(4-8(14)5-11)9-3-7(13)1-2-10(9)15/h1-3,13,15H,4-5H2. The Morgan fingerprint density at radius 2 is 2.00 bits per heavy atom. The summed E-state index contributed by atoms with van der Waals surface area (Å²) in [6.07, 6.45) is 0.223. The first kappa shape index (κ1) is 9.53. The van der Waals surface area contributed by atoms with E-state index in [1.165, 1.54) is 18.2 Å². The molecule has 0 spiro atoms. The lowest BCUT2D eigenvalue weighted by Crippen LogP contribution is -2.40. The molecule has 0 atom stereocenters. The Kier molecular flexibility index (Phi) is 1.90. The molecule has 1 aliphatic carbocycles. The number of benzene rings is 1. The van der Waals surface area contributed by atoms with Crippen molar-refractivity contribution in [2.45, 2.75) is 18.3 Å². The molecule has 4 nitrogen and oxygen atoms in total. The van der Waals surface area contributed by atoms with Crippen molar-refractivity contribution >= 4 is 5.78 Å². The van der Waals surface area contributed by atoms with Crippen LogP contribution in [-0.2, 0) is 10.2 Å². The molecular weight excluding hydrogens is 194 g/mol. The van der Waals surface area contributed by atoms with E-state index >= 15 is 0 Å². The van der Waals surface area contributed by atoms with Crippen LogP contribution in [0, 0.1) is 11.3 Å². The zero-order chi connectivity index (χ0) is 11.1. The molecule has 76 valence electrons. The van der Waals surface area contributed by atoms with Crippen molar-refractivity contribution in [2.75, 3.05) is 0 Å². The number of ketones is 1. The summed E-state index contributed by atoms with van der Waals surface area (Å²) in [5.74, 6) is -0.0714. The van der Waals surface area contributed by atoms with E-state index in [9.17, 15) is 15.0 Å². The third-order valence-corrected chi connectivity index (χ3v) is 2.71. The monoisotopic (exact) mass is 203 g/mol. The van der Waals surface area contributed by atoms with Gasteiger partial charge in [-0.15, -0.1) is 0 Å². The first-order chi connectivity index (χ1) is 7.07. The smallest absolute Gasteiger partial charge is 0.136 e. The highest BCUT2D eigenvalue weighted by atomic mass is 16.3. The first-order valence-corrected chi connectivity index (χ1v) is 4.53. The van der Waals surface area contributed by atoms with Crippen LogP contribution in [-0.4, -0.2) is 16.0 Å². The molecule has 15 heavy (non-hydrogen) atoms. The molecule has 1 aliphatic rings. The molecule has 0 aliphatic heterocycles. The van der Waals surface area contributed by atoms with Crippen molar-refractivity contribution in [2.24, 2.45) is 0 Å². The Bertz CT molecular complexity index is 465. The summed E-state index contributed by atoms with van der Waals surface area (Å²) in [4.78, 5) is 10.9. The predicted molar refractivity (Wildman–Crippen MR) is 51.3 cm³/mol. The van der Waals surface area contributed by atoms with Crippen LogP contribution in [0.3, 0.4) is 0 Å². The number of phenols is 2. The molecule has 0 amide bonds. The van der Waals surface area contributed by atoms with Crippen LogP contribution in [0.5, 0.6) is 11.5 Å². The number of hydrogen-bond acceptors (Lipinski definition) is 4. The van der Waals surface area contributed by atoms with Crippen molar-refractivity contribution < 1.29 is 15.0 Å². The second-order valence-electron chi connectivity index (χ2n) is 3.79. The summed E-state index contributed by atoms with van der Waals surface area (Å²) < 4.78 is 0. The maximum atomic E-state index is 10.9. The van der Waals surface area contributed by atoms with Gasteiger partial charge in [0.2, 0.25) is 0 Å². The van der Waals surface area contributed by atoms with E-state index < -0.39 is 5.41 Å². The Morgan fingerprint density at radius 1 is 1.33 bits per heavy atom. The van der Waals surface area contributed by atoms with E-state index in [1.54, 1.807) is 0 Å². The number of carbonyl (C=O) groups excluding carboxylic acids is 1. The lowest BCUT2D eigenvalue weighted by atomic mass is 9.64. The SMILES string of the molecule is N#CC1(c2cc(O)ccc2O)CC(=O)C1. The Labute approximate surface area is 86.4 Å². The minimum Gasteiger partial charge on any atom is -0.508 e. The molecule has 0 aromatic heterocycles. The number of nitrogens with zero attached hydrogens (tertiary/aromatic N) is 1. The third-order valence-electron chi connectivity index (χ3n) is 2.71. The van der Waals surface area contributed by atoms with Crippen LogP contribution >= 0.6 is 0 Å². The summed E-state index contributed by atoms with van der Waals surface area (Å²) in [7, 11) is 0. The van der Waals surface area contributed by atoms with Gasteiger partial charge in [-0.05, 0) is 18.2 Å². The summed E-state index contributed by atoms with van der Waals surface area (Å²) in [6.45, 7) is 0. The number of Topliss-reactive ketones (excluding diaryl/α,β-unsaturated/α-hetero) is 1. The van der Waals surface area contributed by atoms with E-state index in [-0.39, 0.29) is 30.1 Å². The van der Waals surface area contributed by atoms with Crippen LogP contribution in [0.2, 0.25) is 0 Å². The normalized spacial score (nSPS) is 17.9. The van der Waals surface area contributed by atoms with Crippen LogP contribution in [0.1, 0.15) is 18.4 Å². The third kappa shape index (κ3) is 1.33. The van der Waals surface area contributed by atoms with Gasteiger partial charge in [0, 0.05) is 18.4 Å². The van der Waals surface area contributed by atoms with Crippen LogP contribution in [0.25, 0.3) is 0 Å². The number of nitriles is 1. The second-order valence-corrected chi connectivity index (χ2v) is 3.79. The molecule has 0 unspecified atom stereocenters. The first-order valence-electron chi connectivity index (χ1n) is 4.53. The lowest BCUT2D eigenvalue weighted by Gasteiger charge is -2.34. The van der Waals surface area contributed by atoms with E-state index in [0.29, 0.717) is 5.56 Å². The van der Waals surface area contributed by atoms with Gasteiger partial charge in [0.1, 0.15) is 17.3 Å². The largest absolute Gasteiger partial charge is 0.508 e. The summed E-state index contributed by atoms with van der Waals surface area (Å²) in [5, 5.41) is 27.9. The zero-order valence-corrected chi connectivity index (χ0v) is 7.90. The van der Waals surface area contributed by atoms with E-state index in [4.69, 9.17) is 5.26 Å². The number of rotatable bonds is 1. The number of hydrogen-bond donors (Lipinski definition) is 2. The molecule has 1 aromatic rings. The molecular formula is C11H9NO3. The second kappa shape index (κ2) is 2.99. The van der Waals surface area contributed by atoms with Gasteiger partial charge in [-0.25, -0.2) is 0 Å². The van der Waals surface area contributed by atoms with Gasteiger partial charge in [-0.2, -0.15) is 5.26 Å². The van der Waals surface area contributed by atoms with Gasteiger partial charge < -0.3 is 10.2 Å². The summed E-state index contributed by atoms with van der Waals surface area (Å²) in [6, 6.07) is 6.04. The number of aromatic hydroxyl groups is 2. The fraction of sp³-hybridized carbons (Fsp3) is 0.273. The van der Waals surface area contributed by atoms with E-state index in [0.717, 1.165) is 0 Å². The highest BCUT2D eigenvalue weighted by Gasteiger charge is 2.47. The quantitative estimate of drug-likeness (QED) is 0.672. The van der Waals surface area contributed by atoms with Crippen molar-refractivity contribution in [3.63, 3.8) is 0 Å². The summed E-state index contributed by atoms with van der Waals surface area (Å²) in [5.41, 5.74) is -0.607. The highest BCUT2D eigenvalue weighted by molar-refractivity contribution is 5.90. The molecule has 0 heterocycles. The predicted octanol–water partition coefficient (Wildman–Crippen LogP) is 1.22. The minimum atomic E-state index is -0.945. The van der Waals surface area contributed by atoms with Gasteiger partial charge in [-0.3, -0.25) is 4.79 Å². The fourth-order valence-corrected chi connectivity index (χ4v) is 1.86. The van der Waals surface area contributed by atoms with E-state index in [2.05, 4.69) is 0 Å². The maximum absolute atomic E-state index is 10.9. The summed E-state index contributed by atoms with van der Waals surface area (Å²) >= 11 is 0. The fourth-order valence-electron chi connectivity index (χ4n) is 1.86. The minimum absolute atomic E-state index is 0.000655. The van der Waals surface area contributed by atoms with Crippen molar-refractivity contribution in [1.82, 2.24) is 0 Å². The van der Waals surface area contributed by atoms with Crippen molar-refractivity contribution in [3.8, 4) is 17.6 Å². The molecule has 1 fully saturated rings. The van der Waals surface area contributed by atoms with Crippen molar-refractivity contribution in [1.29, 1.82) is 5.26 Å². The lowest BCUT2D eigenvalue weighted by molar-refractivity contribution is -0.126. The molecule has 2 N–H and O–H groups in total. The van der Waals surface area contributed by atoms with Gasteiger partial charge in [0.25, 0.3) is 0 Å². The molecule has 1 saturated carbocycles. The molecule has 1 aromatic carbocycles. The Hall–Kier alpha value is -2.02. The van der Waals surface area contributed by atoms with Gasteiger partial charge in [0.05, 0.1) is 11.5 Å². The molecule has 4 heteroatoms. The average molecular weight is 203 g/mol. The van der Waals surface area contributed by atoms with Crippen LogP contribution in [0.4, 0.5) is 0 Å². The van der Waals surface area contributed by atoms with Gasteiger partial charge >= 0.3 is 0 Å². The Morgan fingerprint density at radius 3 is 2.53 bits per heavy atom. The maximum Gasteiger partial charge on any atom is 0.136 e. The number of phenolic OH excluding ortho intramolecular Hbond substituents is 2. The van der Waals surface area contributed by atoms with E-state index in [1.807, 2.05) is 6.07 Å². The van der Waals surface area contributed by atoms with Gasteiger partial charge in [0.15, 0.2) is 0 Å². The molecule has 0 radical (unpaired) electrons. The van der Waals surface area contributed by atoms with Crippen LogP contribution < -0.4 is 0 Å². The van der Waals surface area contributed by atoms with Gasteiger partial charge in [-0.1, -0.05) is 0 Å². The highest BCUT2D eigenvalue weighted by Crippen LogP contribution is 2.45. The van der Waals surface area contributed by atoms with Crippen LogP contribution in [0.15, 0.2) is 18.2 Å². The average Bonchev–Trinajstić information content (AvgIpc) is 2.17. The Balaban J connectivity index is 2.49. The molecule has 0 bridgehead atoms. The van der Waals surface area contributed by atoms with Crippen molar-refractivity contribution in [3.05, 3.63) is 23.8 Å². The molecule has 2 rings (SSSR count).